The summed E-state index contributed by atoms with van der Waals surface area (Å²) in [6.45, 7) is 0.390. The maximum atomic E-state index is 14.5. The van der Waals surface area contributed by atoms with Crippen molar-refractivity contribution in [2.45, 2.75) is 61.7 Å². The molecule has 1 aromatic rings. The number of urea groups is 1. The molecule has 2 saturated heterocycles. The minimum Gasteiger partial charge on any atom is -0.324 e. The summed E-state index contributed by atoms with van der Waals surface area (Å²) in [6.07, 6.45) is -8.83. The number of nitrogens with zero attached hydrogens (tertiary/aromatic N) is 3. The third-order valence-electron chi connectivity index (χ3n) is 7.69. The highest BCUT2D eigenvalue weighted by Crippen LogP contribution is 2.55. The van der Waals surface area contributed by atoms with E-state index in [4.69, 9.17) is 0 Å². The van der Waals surface area contributed by atoms with Crippen molar-refractivity contribution in [1.82, 2.24) is 9.80 Å². The largest absolute Gasteiger partial charge is 0.435 e. The second-order valence-electron chi connectivity index (χ2n) is 9.77. The van der Waals surface area contributed by atoms with Crippen LogP contribution in [0.4, 0.5) is 35.5 Å². The van der Waals surface area contributed by atoms with Crippen LogP contribution in [0.2, 0.25) is 0 Å². The number of rotatable bonds is 3. The molecule has 0 radical (unpaired) electrons. The third-order valence-corrected chi connectivity index (χ3v) is 10.3. The molecule has 0 aromatic heterocycles. The Morgan fingerprint density at radius 1 is 1.09 bits per heavy atom. The first-order valence-corrected chi connectivity index (χ1v) is 13.5. The fraction of sp³-hybridized carbons (Fsp3) is 0.682. The van der Waals surface area contributed by atoms with Crippen LogP contribution in [0, 0.1) is 4.91 Å². The van der Waals surface area contributed by atoms with Crippen LogP contribution in [0.15, 0.2) is 22.8 Å². The van der Waals surface area contributed by atoms with E-state index in [-0.39, 0.29) is 36.0 Å². The second kappa shape index (κ2) is 8.52. The monoisotopic (exact) mass is 529 g/mol. The van der Waals surface area contributed by atoms with Crippen LogP contribution in [-0.4, -0.2) is 71.6 Å². The van der Waals surface area contributed by atoms with Crippen LogP contribution in [-0.2, 0) is 12.1 Å². The van der Waals surface area contributed by atoms with Gasteiger partial charge in [-0.15, -0.1) is 15.1 Å². The van der Waals surface area contributed by atoms with Crippen molar-refractivity contribution in [2.24, 2.45) is 4.58 Å². The minimum absolute atomic E-state index is 0.111. The highest BCUT2D eigenvalue weighted by molar-refractivity contribution is 8.32. The summed E-state index contributed by atoms with van der Waals surface area (Å²) in [5, 5.41) is 0. The number of aryl methyl sites for hydroxylation is 1. The summed E-state index contributed by atoms with van der Waals surface area (Å²) < 4.78 is 96.9. The van der Waals surface area contributed by atoms with Crippen LogP contribution in [0.1, 0.15) is 41.9 Å². The standard InChI is InChI=1S/C22H26F7N3O2S/c1-31(15-8-10-35(2,12-15)30-34)19(33)32-9-7-17-16-5-4-14(11-13(16)3-6-18(17)32)20(23,21(24,25)26)22(27,28)29/h4-5,11,15,17-18H,3,6-10,12H2,1-2H3. The van der Waals surface area contributed by atoms with Gasteiger partial charge in [0.1, 0.15) is 0 Å². The first-order valence-electron chi connectivity index (χ1n) is 11.2. The molecule has 5 nitrogen and oxygen atoms in total. The number of carbonyl (C=O) groups excluding carboxylic acids is 1. The third kappa shape index (κ3) is 4.17. The van der Waals surface area contributed by atoms with E-state index in [0.29, 0.717) is 55.0 Å². The molecule has 196 valence electrons. The van der Waals surface area contributed by atoms with Crippen LogP contribution in [0.5, 0.6) is 0 Å². The summed E-state index contributed by atoms with van der Waals surface area (Å²) in [5.41, 5.74) is -6.14. The molecule has 2 fully saturated rings. The van der Waals surface area contributed by atoms with Crippen LogP contribution in [0.3, 0.4) is 0 Å². The number of nitroso groups, excluding NO2 is 1. The van der Waals surface area contributed by atoms with E-state index < -0.39 is 33.8 Å². The highest BCUT2D eigenvalue weighted by Gasteiger charge is 2.73. The number of amides is 2. The Morgan fingerprint density at radius 2 is 1.74 bits per heavy atom. The number of carbonyl (C=O) groups is 1. The predicted octanol–water partition coefficient (Wildman–Crippen LogP) is 6.02. The maximum absolute atomic E-state index is 14.5. The van der Waals surface area contributed by atoms with Crippen molar-refractivity contribution in [3.05, 3.63) is 39.8 Å². The number of hydrogen-bond donors (Lipinski definition) is 0. The molecule has 1 aliphatic carbocycles. The second-order valence-corrected chi connectivity index (χ2v) is 13.1. The van der Waals surface area contributed by atoms with E-state index in [1.807, 2.05) is 6.26 Å². The smallest absolute Gasteiger partial charge is 0.324 e. The van der Waals surface area contributed by atoms with E-state index in [0.717, 1.165) is 6.07 Å². The fourth-order valence-corrected chi connectivity index (χ4v) is 8.00. The zero-order valence-corrected chi connectivity index (χ0v) is 19.9. The molecule has 1 aromatic carbocycles. The Kier molecular flexibility index (Phi) is 6.33. The SMILES string of the molecule is CN(C(=O)N1CCC2c3ccc(C(F)(C(F)(F)F)C(F)(F)F)cc3CCC21)C1CCS(C)(N=O)C1. The number of halogens is 7. The lowest BCUT2D eigenvalue weighted by Gasteiger charge is -2.37. The molecule has 13 heteroatoms. The van der Waals surface area contributed by atoms with Gasteiger partial charge in [-0.3, -0.25) is 0 Å². The van der Waals surface area contributed by atoms with Crippen LogP contribution >= 0.6 is 10.2 Å². The average molecular weight is 530 g/mol. The summed E-state index contributed by atoms with van der Waals surface area (Å²) in [5.74, 6) is 0.939. The zero-order valence-electron chi connectivity index (χ0n) is 19.1. The van der Waals surface area contributed by atoms with Crippen molar-refractivity contribution >= 4 is 16.2 Å². The van der Waals surface area contributed by atoms with Crippen molar-refractivity contribution in [1.29, 1.82) is 0 Å². The zero-order chi connectivity index (χ0) is 26.0. The van der Waals surface area contributed by atoms with E-state index in [1.54, 1.807) is 16.8 Å². The van der Waals surface area contributed by atoms with Gasteiger partial charge in [0.25, 0.3) is 0 Å². The van der Waals surface area contributed by atoms with Crippen molar-refractivity contribution in [2.75, 3.05) is 31.4 Å². The van der Waals surface area contributed by atoms with Gasteiger partial charge in [0.05, 0.1) is 0 Å². The van der Waals surface area contributed by atoms with E-state index >= 15 is 0 Å². The molecule has 0 N–H and O–H groups in total. The first kappa shape index (κ1) is 26.0. The fourth-order valence-electron chi connectivity index (χ4n) is 5.70. The lowest BCUT2D eigenvalue weighted by molar-refractivity contribution is -0.348. The number of alkyl halides is 7. The van der Waals surface area contributed by atoms with Crippen molar-refractivity contribution in [3.8, 4) is 0 Å². The van der Waals surface area contributed by atoms with Gasteiger partial charge in [-0.1, -0.05) is 18.2 Å². The Bertz CT molecular complexity index is 1000. The molecule has 35 heavy (non-hydrogen) atoms. The van der Waals surface area contributed by atoms with Crippen molar-refractivity contribution < 1.29 is 35.5 Å². The maximum Gasteiger partial charge on any atom is 0.435 e. The van der Waals surface area contributed by atoms with E-state index in [1.165, 1.54) is 0 Å². The Labute approximate surface area is 199 Å². The quantitative estimate of drug-likeness (QED) is 0.355. The molecule has 2 heterocycles. The molecular weight excluding hydrogens is 503 g/mol. The van der Waals surface area contributed by atoms with Gasteiger partial charge in [0.15, 0.2) is 0 Å². The normalized spacial score (nSPS) is 30.9. The predicted molar refractivity (Wildman–Crippen MR) is 118 cm³/mol. The number of hydrogen-bond acceptors (Lipinski definition) is 3. The molecule has 4 unspecified atom stereocenters. The topological polar surface area (TPSA) is 53.0 Å². The summed E-state index contributed by atoms with van der Waals surface area (Å²) >= 11 is 0. The van der Waals surface area contributed by atoms with Crippen LogP contribution in [0.25, 0.3) is 0 Å². The average Bonchev–Trinajstić information content (AvgIpc) is 3.40. The molecule has 2 amide bonds. The van der Waals surface area contributed by atoms with Crippen molar-refractivity contribution in [3.63, 3.8) is 0 Å². The molecule has 4 atom stereocenters. The highest BCUT2D eigenvalue weighted by atomic mass is 32.3. The van der Waals surface area contributed by atoms with Gasteiger partial charge in [0.2, 0.25) is 0 Å². The Morgan fingerprint density at radius 3 is 2.31 bits per heavy atom. The lowest BCUT2D eigenvalue weighted by atomic mass is 9.77. The molecular formula is C22H26F7N3O2S. The lowest BCUT2D eigenvalue weighted by Crippen LogP contribution is -2.50. The van der Waals surface area contributed by atoms with Gasteiger partial charge in [-0.25, -0.2) is 9.18 Å². The number of benzene rings is 1. The van der Waals surface area contributed by atoms with Gasteiger partial charge in [0, 0.05) is 48.7 Å². The minimum atomic E-state index is -6.16. The molecule has 3 aliphatic rings. The summed E-state index contributed by atoms with van der Waals surface area (Å²) in [6, 6.07) is 1.81. The van der Waals surface area contributed by atoms with E-state index in [9.17, 15) is 40.4 Å². The number of likely N-dealkylation sites (tertiary alicyclic amines) is 1. The van der Waals surface area contributed by atoms with Crippen LogP contribution < -0.4 is 0 Å². The number of fused-ring (bicyclic) bond motifs is 3. The molecule has 0 bridgehead atoms. The molecule has 0 saturated carbocycles. The Hall–Kier alpha value is -2.05. The molecule has 2 aliphatic heterocycles. The summed E-state index contributed by atoms with van der Waals surface area (Å²) in [4.78, 5) is 27.7. The van der Waals surface area contributed by atoms with E-state index in [2.05, 4.69) is 4.58 Å². The van der Waals surface area contributed by atoms with Gasteiger partial charge in [-0.05, 0) is 47.6 Å². The summed E-state index contributed by atoms with van der Waals surface area (Å²) in [7, 11) is 0.0478. The Balaban J connectivity index is 1.55. The molecule has 4 rings (SSSR count). The van der Waals surface area contributed by atoms with Gasteiger partial charge in [-0.2, -0.15) is 26.3 Å². The van der Waals surface area contributed by atoms with Gasteiger partial charge < -0.3 is 9.80 Å². The molecule has 0 spiro atoms. The first-order chi connectivity index (χ1) is 16.1. The van der Waals surface area contributed by atoms with Gasteiger partial charge >= 0.3 is 24.1 Å².